The maximum Gasteiger partial charge on any atom is 0.203 e. The highest BCUT2D eigenvalue weighted by Crippen LogP contribution is 2.41. The summed E-state index contributed by atoms with van der Waals surface area (Å²) in [5.74, 6) is 3.89. The van der Waals surface area contributed by atoms with E-state index in [4.69, 9.17) is 23.9 Å². The topological polar surface area (TPSA) is 79.1 Å². The van der Waals surface area contributed by atoms with E-state index in [-0.39, 0.29) is 0 Å². The Morgan fingerprint density at radius 1 is 0.771 bits per heavy atom. The lowest BCUT2D eigenvalue weighted by atomic mass is 10.1. The van der Waals surface area contributed by atoms with Crippen LogP contribution in [0.2, 0.25) is 0 Å². The molecule has 0 fully saturated rings. The molecular formula is C27H24N4O4. The van der Waals surface area contributed by atoms with Gasteiger partial charge in [0, 0.05) is 17.4 Å². The number of methoxy groups -OCH3 is 3. The molecule has 5 aromatic rings. The molecule has 0 aliphatic heterocycles. The fraction of sp³-hybridized carbons (Fsp3) is 0.111. The minimum Gasteiger partial charge on any atom is -0.493 e. The molecule has 0 aliphatic carbocycles. The molecule has 0 aliphatic rings. The Hall–Kier alpha value is -4.72. The first-order valence-electron chi connectivity index (χ1n) is 10.9. The molecule has 8 nitrogen and oxygen atoms in total. The normalized spacial score (nSPS) is 10.7. The highest BCUT2D eigenvalue weighted by molar-refractivity contribution is 5.81. The minimum atomic E-state index is 0.533. The summed E-state index contributed by atoms with van der Waals surface area (Å²) in [7, 11) is 4.76. The Labute approximate surface area is 202 Å². The second-order valence-electron chi connectivity index (χ2n) is 7.62. The van der Waals surface area contributed by atoms with E-state index in [9.17, 15) is 0 Å². The van der Waals surface area contributed by atoms with Crippen LogP contribution >= 0.6 is 0 Å². The summed E-state index contributed by atoms with van der Waals surface area (Å²) >= 11 is 0. The van der Waals surface area contributed by atoms with E-state index >= 15 is 0 Å². The van der Waals surface area contributed by atoms with Gasteiger partial charge in [0.1, 0.15) is 17.3 Å². The molecule has 3 aromatic carbocycles. The molecule has 176 valence electrons. The van der Waals surface area contributed by atoms with Crippen LogP contribution < -0.4 is 24.3 Å². The van der Waals surface area contributed by atoms with Crippen molar-refractivity contribution in [2.75, 3.05) is 26.6 Å². The van der Waals surface area contributed by atoms with Crippen molar-refractivity contribution in [1.82, 2.24) is 14.6 Å². The molecule has 0 atom stereocenters. The van der Waals surface area contributed by atoms with E-state index in [1.54, 1.807) is 32.0 Å². The van der Waals surface area contributed by atoms with Gasteiger partial charge in [-0.3, -0.25) is 0 Å². The second kappa shape index (κ2) is 9.64. The van der Waals surface area contributed by atoms with Crippen LogP contribution in [-0.2, 0) is 0 Å². The molecule has 0 saturated carbocycles. The maximum atomic E-state index is 5.87. The molecule has 0 spiro atoms. The number of aromatic nitrogens is 3. The van der Waals surface area contributed by atoms with Gasteiger partial charge in [0.05, 0.1) is 27.5 Å². The first-order valence-corrected chi connectivity index (χ1v) is 10.9. The van der Waals surface area contributed by atoms with Crippen molar-refractivity contribution < 1.29 is 18.9 Å². The number of ether oxygens (including phenoxy) is 4. The zero-order chi connectivity index (χ0) is 24.2. The Bertz CT molecular complexity index is 1420. The second-order valence-corrected chi connectivity index (χ2v) is 7.62. The lowest BCUT2D eigenvalue weighted by Crippen LogP contribution is -1.98. The average Bonchev–Trinajstić information content (AvgIpc) is 3.33. The van der Waals surface area contributed by atoms with Gasteiger partial charge >= 0.3 is 0 Å². The van der Waals surface area contributed by atoms with Crippen LogP contribution in [0.15, 0.2) is 85.2 Å². The first kappa shape index (κ1) is 22.1. The van der Waals surface area contributed by atoms with Gasteiger partial charge in [-0.25, -0.2) is 9.50 Å². The van der Waals surface area contributed by atoms with Gasteiger partial charge in [-0.1, -0.05) is 18.2 Å². The molecule has 0 saturated heterocycles. The van der Waals surface area contributed by atoms with Gasteiger partial charge in [-0.2, -0.15) is 5.10 Å². The largest absolute Gasteiger partial charge is 0.493 e. The van der Waals surface area contributed by atoms with E-state index < -0.39 is 0 Å². The van der Waals surface area contributed by atoms with Crippen LogP contribution in [0.1, 0.15) is 0 Å². The molecular weight excluding hydrogens is 444 g/mol. The van der Waals surface area contributed by atoms with Gasteiger partial charge in [0.15, 0.2) is 17.1 Å². The molecule has 1 N–H and O–H groups in total. The Morgan fingerprint density at radius 2 is 1.46 bits per heavy atom. The highest BCUT2D eigenvalue weighted by Gasteiger charge is 2.17. The Kier molecular flexibility index (Phi) is 6.09. The summed E-state index contributed by atoms with van der Waals surface area (Å²) in [5, 5.41) is 7.79. The first-order chi connectivity index (χ1) is 17.2. The summed E-state index contributed by atoms with van der Waals surface area (Å²) in [6.07, 6.45) is 3.63. The number of rotatable bonds is 8. The van der Waals surface area contributed by atoms with Crippen molar-refractivity contribution >= 4 is 17.2 Å². The summed E-state index contributed by atoms with van der Waals surface area (Å²) in [6.45, 7) is 0. The monoisotopic (exact) mass is 468 g/mol. The quantitative estimate of drug-likeness (QED) is 0.301. The van der Waals surface area contributed by atoms with E-state index in [1.807, 2.05) is 79.0 Å². The fourth-order valence-corrected chi connectivity index (χ4v) is 3.76. The summed E-state index contributed by atoms with van der Waals surface area (Å²) in [6, 6.07) is 23.0. The number of para-hydroxylation sites is 1. The third-order valence-electron chi connectivity index (χ3n) is 5.45. The predicted molar refractivity (Wildman–Crippen MR) is 134 cm³/mol. The molecule has 0 unspecified atom stereocenters. The fourth-order valence-electron chi connectivity index (χ4n) is 3.76. The molecule has 0 amide bonds. The van der Waals surface area contributed by atoms with Crippen molar-refractivity contribution in [1.29, 1.82) is 0 Å². The van der Waals surface area contributed by atoms with Crippen molar-refractivity contribution in [3.05, 3.63) is 85.2 Å². The number of hydrogen-bond donors (Lipinski definition) is 1. The summed E-state index contributed by atoms with van der Waals surface area (Å²) < 4.78 is 24.0. The number of nitrogens with zero attached hydrogens (tertiary/aromatic N) is 3. The van der Waals surface area contributed by atoms with Crippen molar-refractivity contribution in [3.8, 4) is 39.9 Å². The molecule has 0 bridgehead atoms. The SMILES string of the molecule is COc1cc(-c2cnn3ccc(Nc4ccc(Oc5ccccc5)cc4)nc23)cc(OC)c1OC. The Balaban J connectivity index is 1.42. The summed E-state index contributed by atoms with van der Waals surface area (Å²) in [5.41, 5.74) is 3.26. The van der Waals surface area contributed by atoms with Gasteiger partial charge in [0.2, 0.25) is 5.75 Å². The van der Waals surface area contributed by atoms with E-state index in [1.165, 1.54) is 0 Å². The summed E-state index contributed by atoms with van der Waals surface area (Å²) in [4.78, 5) is 4.80. The van der Waals surface area contributed by atoms with Crippen LogP contribution in [0.5, 0.6) is 28.7 Å². The van der Waals surface area contributed by atoms with E-state index in [2.05, 4.69) is 10.4 Å². The molecule has 2 aromatic heterocycles. The molecule has 5 rings (SSSR count). The van der Waals surface area contributed by atoms with Crippen LogP contribution in [0.25, 0.3) is 16.8 Å². The van der Waals surface area contributed by atoms with Gasteiger partial charge in [0.25, 0.3) is 0 Å². The van der Waals surface area contributed by atoms with Crippen molar-refractivity contribution in [3.63, 3.8) is 0 Å². The third-order valence-corrected chi connectivity index (χ3v) is 5.45. The van der Waals surface area contributed by atoms with Gasteiger partial charge in [-0.15, -0.1) is 0 Å². The number of fused-ring (bicyclic) bond motifs is 1. The standard InChI is InChI=1S/C27H24N4O4/c1-32-23-15-18(16-24(33-2)26(23)34-3)22-17-28-31-14-13-25(30-27(22)31)29-19-9-11-21(12-10-19)35-20-7-5-4-6-8-20/h4-17H,1-3H3,(H,29,30). The smallest absolute Gasteiger partial charge is 0.203 e. The van der Waals surface area contributed by atoms with Crippen LogP contribution in [0, 0.1) is 0 Å². The number of anilines is 2. The number of hydrogen-bond acceptors (Lipinski definition) is 7. The molecule has 35 heavy (non-hydrogen) atoms. The van der Waals surface area contributed by atoms with Crippen molar-refractivity contribution in [2.45, 2.75) is 0 Å². The van der Waals surface area contributed by atoms with Crippen molar-refractivity contribution in [2.24, 2.45) is 0 Å². The lowest BCUT2D eigenvalue weighted by molar-refractivity contribution is 0.324. The lowest BCUT2D eigenvalue weighted by Gasteiger charge is -2.13. The van der Waals surface area contributed by atoms with Crippen LogP contribution in [0.4, 0.5) is 11.5 Å². The minimum absolute atomic E-state index is 0.533. The zero-order valence-corrected chi connectivity index (χ0v) is 19.6. The third kappa shape index (κ3) is 4.54. The number of nitrogens with one attached hydrogen (secondary N) is 1. The Morgan fingerprint density at radius 3 is 2.11 bits per heavy atom. The zero-order valence-electron chi connectivity index (χ0n) is 19.6. The highest BCUT2D eigenvalue weighted by atomic mass is 16.5. The van der Waals surface area contributed by atoms with E-state index in [0.717, 1.165) is 28.3 Å². The van der Waals surface area contributed by atoms with Gasteiger partial charge < -0.3 is 24.3 Å². The van der Waals surface area contributed by atoms with E-state index in [0.29, 0.717) is 28.7 Å². The van der Waals surface area contributed by atoms with Gasteiger partial charge in [-0.05, 0) is 60.2 Å². The molecule has 8 heteroatoms. The van der Waals surface area contributed by atoms with Crippen LogP contribution in [-0.4, -0.2) is 35.9 Å². The molecule has 2 heterocycles. The maximum absolute atomic E-state index is 5.87. The average molecular weight is 469 g/mol. The molecule has 0 radical (unpaired) electrons. The number of benzene rings is 3. The predicted octanol–water partition coefficient (Wildman–Crippen LogP) is 5.96. The van der Waals surface area contributed by atoms with Crippen LogP contribution in [0.3, 0.4) is 0 Å².